The summed E-state index contributed by atoms with van der Waals surface area (Å²) < 4.78 is 46.2. The zero-order valence-corrected chi connectivity index (χ0v) is 14.7. The Hall–Kier alpha value is -2.14. The van der Waals surface area contributed by atoms with Crippen LogP contribution < -0.4 is 10.1 Å². The van der Waals surface area contributed by atoms with E-state index in [-0.39, 0.29) is 23.4 Å². The molecule has 2 unspecified atom stereocenters. The molecule has 1 heterocycles. The Bertz CT molecular complexity index is 878. The maximum Gasteiger partial charge on any atom is 0.416 e. The molecule has 0 aromatic heterocycles. The molecule has 2 nitrogen and oxygen atoms in total. The number of halogens is 4. The molecule has 0 radical (unpaired) electrons. The maximum atomic E-state index is 13.6. The van der Waals surface area contributed by atoms with Crippen molar-refractivity contribution in [2.75, 3.05) is 12.4 Å². The first-order valence-electron chi connectivity index (χ1n) is 8.37. The highest BCUT2D eigenvalue weighted by Gasteiger charge is 2.45. The van der Waals surface area contributed by atoms with Gasteiger partial charge in [0.2, 0.25) is 0 Å². The van der Waals surface area contributed by atoms with E-state index >= 15 is 0 Å². The second-order valence-corrected chi connectivity index (χ2v) is 7.01. The Kier molecular flexibility index (Phi) is 4.14. The highest BCUT2D eigenvalue weighted by atomic mass is 35.5. The Morgan fingerprint density at radius 3 is 2.65 bits per heavy atom. The van der Waals surface area contributed by atoms with E-state index in [1.54, 1.807) is 7.11 Å². The number of allylic oxidation sites excluding steroid dienone is 2. The minimum atomic E-state index is -4.42. The van der Waals surface area contributed by atoms with Gasteiger partial charge in [-0.3, -0.25) is 0 Å². The summed E-state index contributed by atoms with van der Waals surface area (Å²) in [7, 11) is 1.59. The lowest BCUT2D eigenvalue weighted by atomic mass is 9.75. The minimum absolute atomic E-state index is 0.0293. The van der Waals surface area contributed by atoms with E-state index in [1.165, 1.54) is 6.07 Å². The van der Waals surface area contributed by atoms with Crippen LogP contribution in [0, 0.1) is 5.92 Å². The summed E-state index contributed by atoms with van der Waals surface area (Å²) in [5, 5.41) is 3.59. The van der Waals surface area contributed by atoms with E-state index in [1.807, 2.05) is 36.4 Å². The van der Waals surface area contributed by atoms with Crippen molar-refractivity contribution in [3.63, 3.8) is 0 Å². The number of anilines is 1. The number of benzene rings is 2. The van der Waals surface area contributed by atoms with E-state index in [0.29, 0.717) is 22.9 Å². The van der Waals surface area contributed by atoms with E-state index in [2.05, 4.69) is 5.32 Å². The molecule has 2 aliphatic rings. The van der Waals surface area contributed by atoms with E-state index in [4.69, 9.17) is 16.3 Å². The molecule has 1 N–H and O–H groups in total. The summed E-state index contributed by atoms with van der Waals surface area (Å²) in [6.45, 7) is 0. The molecule has 4 rings (SSSR count). The molecule has 6 heteroatoms. The van der Waals surface area contributed by atoms with E-state index in [0.717, 1.165) is 11.6 Å². The number of para-hydroxylation sites is 1. The van der Waals surface area contributed by atoms with Crippen LogP contribution in [0.15, 0.2) is 48.6 Å². The lowest BCUT2D eigenvalue weighted by Gasteiger charge is -2.39. The smallest absolute Gasteiger partial charge is 0.416 e. The standard InChI is InChI=1S/C20H17ClF3NO/c1-26-16-8-3-2-5-13(16)18-12-7-4-6-11(12)17-14(20(22,23)24)9-10-15(21)19(17)25-18/h2-6,8-12,18,25H,7H2,1H3/t11?,12?,18-/m0/s1. The van der Waals surface area contributed by atoms with Crippen LogP contribution in [0.2, 0.25) is 5.02 Å². The summed E-state index contributed by atoms with van der Waals surface area (Å²) in [5.41, 5.74) is 0.914. The van der Waals surface area contributed by atoms with E-state index in [9.17, 15) is 13.2 Å². The van der Waals surface area contributed by atoms with Gasteiger partial charge in [-0.05, 0) is 36.1 Å². The summed E-state index contributed by atoms with van der Waals surface area (Å²) in [5.74, 6) is 0.344. The second kappa shape index (κ2) is 6.23. The highest BCUT2D eigenvalue weighted by Crippen LogP contribution is 2.55. The van der Waals surface area contributed by atoms with Crippen molar-refractivity contribution in [1.29, 1.82) is 0 Å². The van der Waals surface area contributed by atoms with Gasteiger partial charge < -0.3 is 10.1 Å². The third kappa shape index (κ3) is 2.65. The molecule has 136 valence electrons. The van der Waals surface area contributed by atoms with Crippen molar-refractivity contribution in [1.82, 2.24) is 0 Å². The van der Waals surface area contributed by atoms with Crippen molar-refractivity contribution < 1.29 is 17.9 Å². The molecule has 26 heavy (non-hydrogen) atoms. The normalized spacial score (nSPS) is 24.0. The average molecular weight is 380 g/mol. The van der Waals surface area contributed by atoms with E-state index < -0.39 is 11.7 Å². The number of hydrogen-bond acceptors (Lipinski definition) is 2. The van der Waals surface area contributed by atoms with Gasteiger partial charge in [-0.2, -0.15) is 13.2 Å². The summed E-state index contributed by atoms with van der Waals surface area (Å²) in [6.07, 6.45) is 0.103. The molecule has 0 spiro atoms. The molecule has 0 amide bonds. The molecule has 1 aliphatic carbocycles. The van der Waals surface area contributed by atoms with Crippen LogP contribution in [-0.4, -0.2) is 7.11 Å². The number of methoxy groups -OCH3 is 1. The number of hydrogen-bond donors (Lipinski definition) is 1. The quantitative estimate of drug-likeness (QED) is 0.628. The van der Waals surface area contributed by atoms with Gasteiger partial charge in [0.15, 0.2) is 0 Å². The van der Waals surface area contributed by atoms with Gasteiger partial charge in [0.25, 0.3) is 0 Å². The predicted molar refractivity (Wildman–Crippen MR) is 95.8 cm³/mol. The van der Waals surface area contributed by atoms with Gasteiger partial charge in [-0.15, -0.1) is 0 Å². The third-order valence-corrected chi connectivity index (χ3v) is 5.56. The minimum Gasteiger partial charge on any atom is -0.496 e. The Morgan fingerprint density at radius 1 is 1.15 bits per heavy atom. The molecule has 0 bridgehead atoms. The van der Waals surface area contributed by atoms with Crippen molar-refractivity contribution in [3.8, 4) is 5.75 Å². The fourth-order valence-electron chi connectivity index (χ4n) is 4.15. The molecular formula is C20H17ClF3NO. The van der Waals surface area contributed by atoms with Gasteiger partial charge in [0.05, 0.1) is 29.4 Å². The van der Waals surface area contributed by atoms with Gasteiger partial charge in [0, 0.05) is 11.5 Å². The van der Waals surface area contributed by atoms with Crippen molar-refractivity contribution >= 4 is 17.3 Å². The number of ether oxygens (including phenoxy) is 1. The van der Waals surface area contributed by atoms with Gasteiger partial charge in [-0.1, -0.05) is 42.0 Å². The van der Waals surface area contributed by atoms with Gasteiger partial charge in [-0.25, -0.2) is 0 Å². The topological polar surface area (TPSA) is 21.3 Å². The van der Waals surface area contributed by atoms with Crippen LogP contribution in [0.4, 0.5) is 18.9 Å². The second-order valence-electron chi connectivity index (χ2n) is 6.60. The van der Waals surface area contributed by atoms with Gasteiger partial charge in [0.1, 0.15) is 5.75 Å². The molecule has 0 saturated carbocycles. The molecule has 2 aromatic rings. The van der Waals surface area contributed by atoms with Crippen molar-refractivity contribution in [2.24, 2.45) is 5.92 Å². The average Bonchev–Trinajstić information content (AvgIpc) is 3.10. The zero-order valence-electron chi connectivity index (χ0n) is 14.0. The monoisotopic (exact) mass is 379 g/mol. The fraction of sp³-hybridized carbons (Fsp3) is 0.300. The molecule has 1 aliphatic heterocycles. The summed E-state index contributed by atoms with van der Waals surface area (Å²) in [6, 6.07) is 9.79. The number of alkyl halides is 3. The first-order chi connectivity index (χ1) is 12.4. The Balaban J connectivity index is 1.89. The Morgan fingerprint density at radius 2 is 1.92 bits per heavy atom. The number of nitrogens with one attached hydrogen (secondary N) is 1. The van der Waals surface area contributed by atoms with Crippen molar-refractivity contribution in [3.05, 3.63) is 70.3 Å². The Labute approximate surface area is 154 Å². The molecule has 0 saturated heterocycles. The van der Waals surface area contributed by atoms with Crippen LogP contribution in [-0.2, 0) is 6.18 Å². The fourth-order valence-corrected chi connectivity index (χ4v) is 4.37. The van der Waals surface area contributed by atoms with Gasteiger partial charge >= 0.3 is 6.18 Å². The lowest BCUT2D eigenvalue weighted by Crippen LogP contribution is -2.31. The van der Waals surface area contributed by atoms with Crippen LogP contribution in [0.1, 0.15) is 35.1 Å². The van der Waals surface area contributed by atoms with Crippen molar-refractivity contribution in [2.45, 2.75) is 24.6 Å². The molecule has 0 fully saturated rings. The zero-order chi connectivity index (χ0) is 18.5. The summed E-state index contributed by atoms with van der Waals surface area (Å²) >= 11 is 6.30. The van der Waals surface area contributed by atoms with Crippen LogP contribution in [0.25, 0.3) is 0 Å². The summed E-state index contributed by atoms with van der Waals surface area (Å²) in [4.78, 5) is 0. The SMILES string of the molecule is COc1ccccc1[C@H]1Nc2c(Cl)ccc(C(F)(F)F)c2C2C=CCC21. The predicted octanol–water partition coefficient (Wildman–Crippen LogP) is 6.19. The highest BCUT2D eigenvalue weighted by molar-refractivity contribution is 6.33. The maximum absolute atomic E-state index is 13.6. The molecular weight excluding hydrogens is 363 g/mol. The molecule has 2 aromatic carbocycles. The number of rotatable bonds is 2. The van der Waals surface area contributed by atoms with Crippen LogP contribution in [0.3, 0.4) is 0 Å². The van der Waals surface area contributed by atoms with Crippen LogP contribution >= 0.6 is 11.6 Å². The number of fused-ring (bicyclic) bond motifs is 3. The third-order valence-electron chi connectivity index (χ3n) is 5.25. The first-order valence-corrected chi connectivity index (χ1v) is 8.75. The first kappa shape index (κ1) is 17.3. The molecule has 3 atom stereocenters. The largest absolute Gasteiger partial charge is 0.496 e. The lowest BCUT2D eigenvalue weighted by molar-refractivity contribution is -0.138. The van der Waals surface area contributed by atoms with Crippen LogP contribution in [0.5, 0.6) is 5.75 Å².